The summed E-state index contributed by atoms with van der Waals surface area (Å²) in [4.78, 5) is 43.8. The maximum absolute atomic E-state index is 11.1. The summed E-state index contributed by atoms with van der Waals surface area (Å²) in [6, 6.07) is 0. The Labute approximate surface area is 89.0 Å². The van der Waals surface area contributed by atoms with E-state index in [-0.39, 0.29) is 37.2 Å². The van der Waals surface area contributed by atoms with Crippen LogP contribution in [0.1, 0.15) is 46.0 Å². The van der Waals surface area contributed by atoms with Gasteiger partial charge in [-0.15, -0.1) is 0 Å². The van der Waals surface area contributed by atoms with Crippen molar-refractivity contribution >= 4 is 23.1 Å². The lowest BCUT2D eigenvalue weighted by Crippen LogP contribution is -2.15. The Morgan fingerprint density at radius 3 is 1.87 bits per heavy atom. The van der Waals surface area contributed by atoms with Crippen LogP contribution in [0.3, 0.4) is 0 Å². The minimum absolute atomic E-state index is 0.00608. The van der Waals surface area contributed by atoms with E-state index < -0.39 is 11.6 Å². The highest BCUT2D eigenvalue weighted by Gasteiger charge is 2.14. The molecule has 0 N–H and O–H groups in total. The van der Waals surface area contributed by atoms with E-state index in [4.69, 9.17) is 0 Å². The molecule has 0 heterocycles. The maximum atomic E-state index is 11.1. The normalized spacial score (nSPS) is 9.73. The quantitative estimate of drug-likeness (QED) is 0.448. The van der Waals surface area contributed by atoms with Crippen molar-refractivity contribution < 1.29 is 19.2 Å². The van der Waals surface area contributed by atoms with Crippen molar-refractivity contribution in [3.05, 3.63) is 0 Å². The molecule has 0 fully saturated rings. The molecule has 4 nitrogen and oxygen atoms in total. The van der Waals surface area contributed by atoms with Gasteiger partial charge in [-0.2, -0.15) is 0 Å². The Morgan fingerprint density at radius 2 is 1.40 bits per heavy atom. The smallest absolute Gasteiger partial charge is 0.198 e. The van der Waals surface area contributed by atoms with Gasteiger partial charge in [-0.3, -0.25) is 19.2 Å². The van der Waals surface area contributed by atoms with E-state index >= 15 is 0 Å². The van der Waals surface area contributed by atoms with Crippen molar-refractivity contribution in [3.8, 4) is 0 Å². The molecule has 0 rings (SSSR count). The third kappa shape index (κ3) is 6.71. The number of rotatable bonds is 8. The van der Waals surface area contributed by atoms with E-state index in [1.807, 2.05) is 6.92 Å². The van der Waals surface area contributed by atoms with Crippen molar-refractivity contribution in [1.29, 1.82) is 0 Å². The zero-order valence-electron chi connectivity index (χ0n) is 9.17. The molecule has 0 aliphatic heterocycles. The average Bonchev–Trinajstić information content (AvgIpc) is 2.13. The second kappa shape index (κ2) is 7.04. The van der Waals surface area contributed by atoms with E-state index in [2.05, 4.69) is 0 Å². The van der Waals surface area contributed by atoms with Crippen LogP contribution >= 0.6 is 0 Å². The summed E-state index contributed by atoms with van der Waals surface area (Å²) in [5.74, 6) is -1.42. The Bertz CT molecular complexity index is 278. The number of hydrogen-bond acceptors (Lipinski definition) is 4. The predicted octanol–water partition coefficient (Wildman–Crippen LogP) is 1.25. The fourth-order valence-corrected chi connectivity index (χ4v) is 1.12. The zero-order chi connectivity index (χ0) is 11.8. The molecule has 0 unspecified atom stereocenters. The molecular weight excluding hydrogens is 196 g/mol. The van der Waals surface area contributed by atoms with Crippen molar-refractivity contribution in [2.45, 2.75) is 46.0 Å². The Kier molecular flexibility index (Phi) is 6.42. The molecule has 0 atom stereocenters. The molecule has 0 aliphatic carbocycles. The van der Waals surface area contributed by atoms with Crippen LogP contribution in [0.2, 0.25) is 0 Å². The summed E-state index contributed by atoms with van der Waals surface area (Å²) in [5.41, 5.74) is 0. The van der Waals surface area contributed by atoms with Gasteiger partial charge in [0, 0.05) is 19.3 Å². The lowest BCUT2D eigenvalue weighted by molar-refractivity contribution is -0.137. The van der Waals surface area contributed by atoms with Gasteiger partial charge in [-0.25, -0.2) is 0 Å². The Hall–Kier alpha value is -1.32. The Morgan fingerprint density at radius 1 is 0.867 bits per heavy atom. The van der Waals surface area contributed by atoms with Crippen molar-refractivity contribution in [3.63, 3.8) is 0 Å². The van der Waals surface area contributed by atoms with Gasteiger partial charge in [-0.05, 0) is 13.3 Å². The van der Waals surface area contributed by atoms with Crippen LogP contribution in [0.4, 0.5) is 0 Å². The van der Waals surface area contributed by atoms with Crippen LogP contribution in [0.5, 0.6) is 0 Å². The molecule has 84 valence electrons. The molecule has 0 spiro atoms. The average molecular weight is 212 g/mol. The molecule has 15 heavy (non-hydrogen) atoms. The number of Topliss-reactive ketones (excluding diaryl/α,β-unsaturated/α-hetero) is 4. The van der Waals surface area contributed by atoms with E-state index in [0.717, 1.165) is 0 Å². The summed E-state index contributed by atoms with van der Waals surface area (Å²) < 4.78 is 0. The summed E-state index contributed by atoms with van der Waals surface area (Å²) in [7, 11) is 0. The van der Waals surface area contributed by atoms with E-state index in [9.17, 15) is 19.2 Å². The van der Waals surface area contributed by atoms with Gasteiger partial charge in [0.05, 0.1) is 6.42 Å². The summed E-state index contributed by atoms with van der Waals surface area (Å²) >= 11 is 0. The van der Waals surface area contributed by atoms with Crippen LogP contribution in [0, 0.1) is 0 Å². The van der Waals surface area contributed by atoms with Gasteiger partial charge >= 0.3 is 0 Å². The van der Waals surface area contributed by atoms with Crippen LogP contribution in [0.25, 0.3) is 0 Å². The zero-order valence-corrected chi connectivity index (χ0v) is 9.17. The van der Waals surface area contributed by atoms with Gasteiger partial charge in [0.25, 0.3) is 0 Å². The minimum Gasteiger partial charge on any atom is -0.300 e. The highest BCUT2D eigenvalue weighted by Crippen LogP contribution is 2.00. The van der Waals surface area contributed by atoms with Gasteiger partial charge < -0.3 is 0 Å². The van der Waals surface area contributed by atoms with Crippen molar-refractivity contribution in [2.75, 3.05) is 0 Å². The first-order valence-corrected chi connectivity index (χ1v) is 5.04. The van der Waals surface area contributed by atoms with Crippen LogP contribution in [-0.2, 0) is 19.2 Å². The van der Waals surface area contributed by atoms with E-state index in [0.29, 0.717) is 6.42 Å². The van der Waals surface area contributed by atoms with E-state index in [1.165, 1.54) is 6.92 Å². The summed E-state index contributed by atoms with van der Waals surface area (Å²) in [6.07, 6.45) is 0.653. The van der Waals surface area contributed by atoms with Gasteiger partial charge in [0.1, 0.15) is 11.6 Å². The lowest BCUT2D eigenvalue weighted by atomic mass is 10.0. The van der Waals surface area contributed by atoms with Crippen molar-refractivity contribution in [1.82, 2.24) is 0 Å². The van der Waals surface area contributed by atoms with E-state index in [1.54, 1.807) is 0 Å². The SMILES string of the molecule is CCCC(=O)C(=O)CCC(=O)CC(C)=O. The number of hydrogen-bond donors (Lipinski definition) is 0. The Balaban J connectivity index is 3.85. The highest BCUT2D eigenvalue weighted by molar-refractivity contribution is 6.37. The third-order valence-electron chi connectivity index (χ3n) is 1.87. The lowest BCUT2D eigenvalue weighted by Gasteiger charge is -1.98. The summed E-state index contributed by atoms with van der Waals surface area (Å²) in [6.45, 7) is 3.13. The second-order valence-corrected chi connectivity index (χ2v) is 3.51. The monoisotopic (exact) mass is 212 g/mol. The second-order valence-electron chi connectivity index (χ2n) is 3.51. The first-order chi connectivity index (χ1) is 6.97. The van der Waals surface area contributed by atoms with Gasteiger partial charge in [0.15, 0.2) is 11.6 Å². The minimum atomic E-state index is -0.506. The van der Waals surface area contributed by atoms with Crippen LogP contribution < -0.4 is 0 Å². The predicted molar refractivity (Wildman–Crippen MR) is 54.5 cm³/mol. The number of carbonyl (C=O) groups excluding carboxylic acids is 4. The molecule has 0 saturated heterocycles. The molecule has 0 amide bonds. The molecule has 0 radical (unpaired) electrons. The maximum Gasteiger partial charge on any atom is 0.198 e. The molecule has 0 aliphatic rings. The first-order valence-electron chi connectivity index (χ1n) is 5.04. The number of ketones is 4. The van der Waals surface area contributed by atoms with Crippen molar-refractivity contribution in [2.24, 2.45) is 0 Å². The molecular formula is C11H16O4. The molecule has 0 bridgehead atoms. The van der Waals surface area contributed by atoms with Crippen LogP contribution in [-0.4, -0.2) is 23.1 Å². The fourth-order valence-electron chi connectivity index (χ4n) is 1.12. The fraction of sp³-hybridized carbons (Fsp3) is 0.636. The van der Waals surface area contributed by atoms with Gasteiger partial charge in [0.2, 0.25) is 0 Å². The highest BCUT2D eigenvalue weighted by atomic mass is 16.2. The molecule has 0 aromatic carbocycles. The number of carbonyl (C=O) groups is 4. The largest absolute Gasteiger partial charge is 0.300 e. The van der Waals surface area contributed by atoms with Gasteiger partial charge in [-0.1, -0.05) is 6.92 Å². The molecule has 0 aromatic heterocycles. The molecule has 4 heteroatoms. The molecule has 0 aromatic rings. The van der Waals surface area contributed by atoms with Crippen LogP contribution in [0.15, 0.2) is 0 Å². The topological polar surface area (TPSA) is 68.3 Å². The first kappa shape index (κ1) is 13.7. The molecule has 0 saturated carbocycles. The standard InChI is InChI=1S/C11H16O4/c1-3-4-10(14)11(15)6-5-9(13)7-8(2)12/h3-7H2,1-2H3. The summed E-state index contributed by atoms with van der Waals surface area (Å²) in [5, 5.41) is 0. The third-order valence-corrected chi connectivity index (χ3v) is 1.87.